The first-order valence-corrected chi connectivity index (χ1v) is 7.10. The van der Waals surface area contributed by atoms with E-state index in [2.05, 4.69) is 0 Å². The quantitative estimate of drug-likeness (QED) is 0.796. The van der Waals surface area contributed by atoms with Gasteiger partial charge in [0, 0.05) is 11.8 Å². The summed E-state index contributed by atoms with van der Waals surface area (Å²) in [6.07, 6.45) is 1.47. The van der Waals surface area contributed by atoms with Gasteiger partial charge in [-0.3, -0.25) is 4.79 Å². The summed E-state index contributed by atoms with van der Waals surface area (Å²) in [5.41, 5.74) is 0. The molecule has 1 saturated heterocycles. The van der Waals surface area contributed by atoms with Gasteiger partial charge in [-0.1, -0.05) is 18.2 Å². The van der Waals surface area contributed by atoms with E-state index in [0.29, 0.717) is 6.42 Å². The van der Waals surface area contributed by atoms with Crippen LogP contribution >= 0.6 is 11.8 Å². The molecule has 5 heteroatoms. The van der Waals surface area contributed by atoms with Gasteiger partial charge < -0.3 is 9.64 Å². The molecule has 1 aliphatic rings. The molecule has 1 aliphatic heterocycles. The van der Waals surface area contributed by atoms with Gasteiger partial charge in [-0.15, -0.1) is 11.8 Å². The van der Waals surface area contributed by atoms with Crippen LogP contribution in [0.3, 0.4) is 0 Å². The summed E-state index contributed by atoms with van der Waals surface area (Å²) >= 11 is 1.62. The van der Waals surface area contributed by atoms with Crippen LogP contribution in [-0.2, 0) is 14.3 Å². The zero-order valence-corrected chi connectivity index (χ0v) is 11.9. The highest BCUT2D eigenvalue weighted by Crippen LogP contribution is 2.36. The molecular weight excluding hydrogens is 262 g/mol. The average molecular weight is 279 g/mol. The van der Waals surface area contributed by atoms with Gasteiger partial charge in [0.15, 0.2) is 0 Å². The molecule has 2 rings (SSSR count). The minimum atomic E-state index is -0.441. The number of hydrogen-bond donors (Lipinski definition) is 0. The third-order valence-corrected chi connectivity index (χ3v) is 4.46. The van der Waals surface area contributed by atoms with Crippen molar-refractivity contribution < 1.29 is 14.3 Å². The average Bonchev–Trinajstić information content (AvgIpc) is 2.83. The number of likely N-dealkylation sites (tertiary alicyclic amines) is 1. The van der Waals surface area contributed by atoms with E-state index in [9.17, 15) is 9.59 Å². The van der Waals surface area contributed by atoms with E-state index in [0.717, 1.165) is 11.3 Å². The van der Waals surface area contributed by atoms with Crippen molar-refractivity contribution in [3.8, 4) is 0 Å². The number of rotatable bonds is 3. The number of nitrogens with zero attached hydrogens (tertiary/aromatic N) is 1. The van der Waals surface area contributed by atoms with Crippen molar-refractivity contribution in [2.24, 2.45) is 0 Å². The SMILES string of the molecule is COC(=O)[C@@H]1CC[C@@H](Sc2ccccc2)N1C(C)=O. The van der Waals surface area contributed by atoms with E-state index < -0.39 is 6.04 Å². The Hall–Kier alpha value is -1.49. The molecule has 2 atom stereocenters. The Morgan fingerprint density at radius 3 is 2.53 bits per heavy atom. The van der Waals surface area contributed by atoms with E-state index in [1.165, 1.54) is 14.0 Å². The van der Waals surface area contributed by atoms with Crippen LogP contribution in [0.4, 0.5) is 0 Å². The summed E-state index contributed by atoms with van der Waals surface area (Å²) in [5, 5.41) is 0.00370. The van der Waals surface area contributed by atoms with Crippen LogP contribution in [0, 0.1) is 0 Å². The molecule has 1 heterocycles. The summed E-state index contributed by atoms with van der Waals surface area (Å²) in [4.78, 5) is 26.2. The number of esters is 1. The van der Waals surface area contributed by atoms with Gasteiger partial charge in [0.2, 0.25) is 5.91 Å². The normalized spacial score (nSPS) is 22.3. The number of hydrogen-bond acceptors (Lipinski definition) is 4. The van der Waals surface area contributed by atoms with Crippen molar-refractivity contribution in [3.63, 3.8) is 0 Å². The maximum Gasteiger partial charge on any atom is 0.328 e. The number of amides is 1. The molecule has 0 unspecified atom stereocenters. The molecule has 1 amide bonds. The van der Waals surface area contributed by atoms with E-state index in [4.69, 9.17) is 4.74 Å². The summed E-state index contributed by atoms with van der Waals surface area (Å²) in [6.45, 7) is 1.50. The highest BCUT2D eigenvalue weighted by atomic mass is 32.2. The highest BCUT2D eigenvalue weighted by Gasteiger charge is 2.40. The van der Waals surface area contributed by atoms with Crippen LogP contribution < -0.4 is 0 Å². The molecule has 0 saturated carbocycles. The molecule has 0 spiro atoms. The van der Waals surface area contributed by atoms with Crippen molar-refractivity contribution in [3.05, 3.63) is 30.3 Å². The van der Waals surface area contributed by atoms with Gasteiger partial charge in [-0.05, 0) is 25.0 Å². The van der Waals surface area contributed by atoms with Gasteiger partial charge in [0.05, 0.1) is 12.5 Å². The number of methoxy groups -OCH3 is 1. The van der Waals surface area contributed by atoms with E-state index in [1.54, 1.807) is 16.7 Å². The molecule has 19 heavy (non-hydrogen) atoms. The van der Waals surface area contributed by atoms with Crippen molar-refractivity contribution in [2.75, 3.05) is 7.11 Å². The number of thioether (sulfide) groups is 1. The standard InChI is InChI=1S/C14H17NO3S/c1-10(16)15-12(14(17)18-2)8-9-13(15)19-11-6-4-3-5-7-11/h3-7,12-13H,8-9H2,1-2H3/t12-,13+/m0/s1. The third-order valence-electron chi connectivity index (χ3n) is 3.19. The van der Waals surface area contributed by atoms with E-state index >= 15 is 0 Å². The Kier molecular flexibility index (Phi) is 4.47. The van der Waals surface area contributed by atoms with Crippen molar-refractivity contribution in [1.82, 2.24) is 4.90 Å². The Morgan fingerprint density at radius 1 is 1.26 bits per heavy atom. The Bertz CT molecular complexity index is 463. The molecule has 0 bridgehead atoms. The predicted octanol–water partition coefficient (Wildman–Crippen LogP) is 2.29. The first-order chi connectivity index (χ1) is 9.13. The zero-order chi connectivity index (χ0) is 13.8. The van der Waals surface area contributed by atoms with Crippen LogP contribution in [0.2, 0.25) is 0 Å². The molecule has 4 nitrogen and oxygen atoms in total. The van der Waals surface area contributed by atoms with Crippen molar-refractivity contribution in [2.45, 2.75) is 36.1 Å². The maximum absolute atomic E-state index is 11.8. The van der Waals surface area contributed by atoms with Gasteiger partial charge in [-0.25, -0.2) is 4.79 Å². The lowest BCUT2D eigenvalue weighted by Crippen LogP contribution is -2.43. The zero-order valence-electron chi connectivity index (χ0n) is 11.0. The Labute approximate surface area is 117 Å². The first-order valence-electron chi connectivity index (χ1n) is 6.22. The molecule has 0 radical (unpaired) electrons. The molecule has 102 valence electrons. The lowest BCUT2D eigenvalue weighted by atomic mass is 10.2. The fraction of sp³-hybridized carbons (Fsp3) is 0.429. The van der Waals surface area contributed by atoms with Crippen LogP contribution in [-0.4, -0.2) is 35.3 Å². The number of carbonyl (C=O) groups is 2. The second kappa shape index (κ2) is 6.10. The van der Waals surface area contributed by atoms with Crippen molar-refractivity contribution in [1.29, 1.82) is 0 Å². The lowest BCUT2D eigenvalue weighted by molar-refractivity contribution is -0.150. The molecule has 1 aromatic carbocycles. The minimum Gasteiger partial charge on any atom is -0.467 e. The van der Waals surface area contributed by atoms with E-state index in [1.807, 2.05) is 30.3 Å². The molecule has 1 fully saturated rings. The second-order valence-electron chi connectivity index (χ2n) is 4.43. The minimum absolute atomic E-state index is 0.00370. The first kappa shape index (κ1) is 13.9. The summed E-state index contributed by atoms with van der Waals surface area (Å²) < 4.78 is 4.77. The van der Waals surface area contributed by atoms with Gasteiger partial charge in [-0.2, -0.15) is 0 Å². The van der Waals surface area contributed by atoms with Crippen LogP contribution in [0.5, 0.6) is 0 Å². The molecule has 0 aromatic heterocycles. The van der Waals surface area contributed by atoms with Gasteiger partial charge in [0.1, 0.15) is 6.04 Å². The lowest BCUT2D eigenvalue weighted by Gasteiger charge is -2.27. The van der Waals surface area contributed by atoms with Crippen molar-refractivity contribution >= 4 is 23.6 Å². The fourth-order valence-electron chi connectivity index (χ4n) is 2.34. The van der Waals surface area contributed by atoms with Crippen LogP contribution in [0.1, 0.15) is 19.8 Å². The summed E-state index contributed by atoms with van der Waals surface area (Å²) in [7, 11) is 1.36. The number of benzene rings is 1. The monoisotopic (exact) mass is 279 g/mol. The maximum atomic E-state index is 11.8. The molecule has 0 aliphatic carbocycles. The molecule has 0 N–H and O–H groups in total. The molecule has 1 aromatic rings. The Balaban J connectivity index is 2.13. The molecular formula is C14H17NO3S. The summed E-state index contributed by atoms with van der Waals surface area (Å²) in [5.74, 6) is -0.410. The number of ether oxygens (including phenoxy) is 1. The second-order valence-corrected chi connectivity index (χ2v) is 5.68. The van der Waals surface area contributed by atoms with Crippen LogP contribution in [0.15, 0.2) is 35.2 Å². The topological polar surface area (TPSA) is 46.6 Å². The largest absolute Gasteiger partial charge is 0.467 e. The van der Waals surface area contributed by atoms with Gasteiger partial charge in [0.25, 0.3) is 0 Å². The third kappa shape index (κ3) is 3.10. The fourth-order valence-corrected chi connectivity index (χ4v) is 3.63. The van der Waals surface area contributed by atoms with Gasteiger partial charge >= 0.3 is 5.97 Å². The smallest absolute Gasteiger partial charge is 0.328 e. The Morgan fingerprint density at radius 2 is 1.95 bits per heavy atom. The highest BCUT2D eigenvalue weighted by molar-refractivity contribution is 7.99. The number of carbonyl (C=O) groups excluding carboxylic acids is 2. The van der Waals surface area contributed by atoms with E-state index in [-0.39, 0.29) is 17.3 Å². The predicted molar refractivity (Wildman–Crippen MR) is 73.6 cm³/mol. The van der Waals surface area contributed by atoms with Crippen LogP contribution in [0.25, 0.3) is 0 Å². The summed E-state index contributed by atoms with van der Waals surface area (Å²) in [6, 6.07) is 9.46.